The van der Waals surface area contributed by atoms with E-state index in [0.717, 1.165) is 0 Å². The Morgan fingerprint density at radius 2 is 1.90 bits per heavy atom. The van der Waals surface area contributed by atoms with Crippen LogP contribution in [0.25, 0.3) is 0 Å². The van der Waals surface area contributed by atoms with Gasteiger partial charge in [-0.2, -0.15) is 5.48 Å². The highest BCUT2D eigenvalue weighted by Crippen LogP contribution is 2.17. The first-order chi connectivity index (χ1) is 9.38. The number of hydrogen-bond donors (Lipinski definition) is 1. The van der Waals surface area contributed by atoms with Gasteiger partial charge in [-0.1, -0.05) is 6.58 Å². The van der Waals surface area contributed by atoms with Gasteiger partial charge in [-0.15, -0.1) is 5.01 Å². The number of nitrogens with zero attached hydrogens (tertiary/aromatic N) is 2. The van der Waals surface area contributed by atoms with Crippen LogP contribution in [-0.4, -0.2) is 40.6 Å². The molecule has 3 amide bonds. The Bertz CT molecular complexity index is 445. The zero-order valence-electron chi connectivity index (χ0n) is 11.2. The molecule has 110 valence electrons. The number of amides is 3. The van der Waals surface area contributed by atoms with Crippen molar-refractivity contribution in [2.24, 2.45) is 0 Å². The zero-order valence-corrected chi connectivity index (χ0v) is 11.2. The molecule has 1 aliphatic rings. The molecule has 0 saturated carbocycles. The fourth-order valence-corrected chi connectivity index (χ4v) is 1.26. The van der Waals surface area contributed by atoms with Crippen LogP contribution in [0.1, 0.15) is 26.7 Å². The van der Waals surface area contributed by atoms with E-state index in [4.69, 9.17) is 0 Å². The minimum atomic E-state index is -1.22. The molecule has 1 rings (SSSR count). The Hall–Kier alpha value is -2.42. The van der Waals surface area contributed by atoms with Crippen LogP contribution in [0.3, 0.4) is 0 Å². The van der Waals surface area contributed by atoms with E-state index in [-0.39, 0.29) is 30.1 Å². The van der Waals surface area contributed by atoms with Crippen molar-refractivity contribution in [2.75, 3.05) is 6.54 Å². The highest BCUT2D eigenvalue weighted by molar-refractivity contribution is 6.02. The highest BCUT2D eigenvalue weighted by atomic mass is 16.8. The van der Waals surface area contributed by atoms with Crippen molar-refractivity contribution < 1.29 is 28.9 Å². The fourth-order valence-electron chi connectivity index (χ4n) is 1.26. The summed E-state index contributed by atoms with van der Waals surface area (Å²) in [4.78, 5) is 55.5. The number of hydrazine groups is 1. The van der Waals surface area contributed by atoms with E-state index >= 15 is 0 Å². The first kappa shape index (κ1) is 15.6. The van der Waals surface area contributed by atoms with Gasteiger partial charge in [-0.05, 0) is 19.0 Å². The second kappa shape index (κ2) is 6.66. The average molecular weight is 285 g/mol. The number of hydrogen-bond acceptors (Lipinski definition) is 7. The van der Waals surface area contributed by atoms with Crippen molar-refractivity contribution in [3.8, 4) is 0 Å². The molecule has 1 saturated heterocycles. The topological polar surface area (TPSA) is 105 Å². The van der Waals surface area contributed by atoms with Crippen molar-refractivity contribution in [1.29, 1.82) is 0 Å². The molecule has 0 aromatic carbocycles. The van der Waals surface area contributed by atoms with Gasteiger partial charge in [-0.3, -0.25) is 9.59 Å². The summed E-state index contributed by atoms with van der Waals surface area (Å²) in [5.41, 5.74) is 2.22. The van der Waals surface area contributed by atoms with Crippen LogP contribution in [0, 0.1) is 0 Å². The highest BCUT2D eigenvalue weighted by Gasteiger charge is 2.40. The summed E-state index contributed by atoms with van der Waals surface area (Å²) in [6.07, 6.45) is -1.37. The zero-order chi connectivity index (χ0) is 15.3. The minimum absolute atomic E-state index is 0.00894. The van der Waals surface area contributed by atoms with E-state index < -0.39 is 23.9 Å². The number of nitrogens with one attached hydrogen (secondary N) is 1. The van der Waals surface area contributed by atoms with Crippen LogP contribution in [-0.2, 0) is 24.1 Å². The molecule has 1 heterocycles. The van der Waals surface area contributed by atoms with Gasteiger partial charge in [-0.25, -0.2) is 9.59 Å². The van der Waals surface area contributed by atoms with Gasteiger partial charge in [0.05, 0.1) is 0 Å². The Morgan fingerprint density at radius 3 is 2.35 bits per heavy atom. The molecule has 9 heteroatoms. The SMILES string of the molecule is C=C(C)C(=O)ON(C(=O)ONCC)N1C(=O)CCC1=O. The van der Waals surface area contributed by atoms with Crippen LogP contribution in [0.15, 0.2) is 12.2 Å². The predicted molar refractivity (Wildman–Crippen MR) is 64.0 cm³/mol. The average Bonchev–Trinajstić information content (AvgIpc) is 2.72. The lowest BCUT2D eigenvalue weighted by atomic mass is 10.4. The Morgan fingerprint density at radius 1 is 1.35 bits per heavy atom. The van der Waals surface area contributed by atoms with Gasteiger partial charge in [0, 0.05) is 25.0 Å². The maximum atomic E-state index is 11.7. The first-order valence-electron chi connectivity index (χ1n) is 5.85. The molecule has 9 nitrogen and oxygen atoms in total. The fraction of sp³-hybridized carbons (Fsp3) is 0.455. The Balaban J connectivity index is 2.91. The maximum Gasteiger partial charge on any atom is 0.483 e. The van der Waals surface area contributed by atoms with Crippen molar-refractivity contribution in [3.63, 3.8) is 0 Å². The second-order valence-corrected chi connectivity index (χ2v) is 3.90. The molecule has 0 bridgehead atoms. The summed E-state index contributed by atoms with van der Waals surface area (Å²) in [6, 6.07) is 0. The smallest absolute Gasteiger partial charge is 0.350 e. The molecule has 0 aromatic rings. The van der Waals surface area contributed by atoms with Gasteiger partial charge in [0.25, 0.3) is 11.8 Å². The normalized spacial score (nSPS) is 14.2. The molecule has 0 radical (unpaired) electrons. The van der Waals surface area contributed by atoms with Gasteiger partial charge >= 0.3 is 12.1 Å². The molecule has 0 aliphatic carbocycles. The molecule has 1 aliphatic heterocycles. The van der Waals surface area contributed by atoms with Crippen LogP contribution in [0.2, 0.25) is 0 Å². The first-order valence-corrected chi connectivity index (χ1v) is 5.85. The number of hydroxylamine groups is 2. The van der Waals surface area contributed by atoms with Crippen molar-refractivity contribution in [1.82, 2.24) is 15.7 Å². The molecule has 0 spiro atoms. The molecular formula is C11H15N3O6. The molecule has 1 N–H and O–H groups in total. The van der Waals surface area contributed by atoms with Crippen LogP contribution >= 0.6 is 0 Å². The lowest BCUT2D eigenvalue weighted by Crippen LogP contribution is -2.51. The van der Waals surface area contributed by atoms with E-state index in [0.29, 0.717) is 5.01 Å². The Labute approximate surface area is 115 Å². The van der Waals surface area contributed by atoms with Crippen LogP contribution < -0.4 is 5.48 Å². The van der Waals surface area contributed by atoms with E-state index in [1.54, 1.807) is 6.92 Å². The monoisotopic (exact) mass is 285 g/mol. The minimum Gasteiger partial charge on any atom is -0.350 e. The molecule has 20 heavy (non-hydrogen) atoms. The molecule has 0 aromatic heterocycles. The largest absolute Gasteiger partial charge is 0.483 e. The standard InChI is InChI=1S/C11H15N3O6/c1-4-12-19-11(18)14(20-10(17)7(2)3)13-8(15)5-6-9(13)16/h12H,2,4-6H2,1,3H3. The number of carbonyl (C=O) groups excluding carboxylic acids is 4. The van der Waals surface area contributed by atoms with Gasteiger partial charge < -0.3 is 9.68 Å². The van der Waals surface area contributed by atoms with E-state index in [9.17, 15) is 19.2 Å². The third-order valence-corrected chi connectivity index (χ3v) is 2.18. The summed E-state index contributed by atoms with van der Waals surface area (Å²) in [7, 11) is 0. The predicted octanol–water partition coefficient (Wildman–Crippen LogP) is 0.0478. The second-order valence-electron chi connectivity index (χ2n) is 3.90. The van der Waals surface area contributed by atoms with E-state index in [1.165, 1.54) is 6.92 Å². The van der Waals surface area contributed by atoms with E-state index in [1.807, 2.05) is 0 Å². The molecular weight excluding hydrogens is 270 g/mol. The summed E-state index contributed by atoms with van der Waals surface area (Å²) in [6.45, 7) is 6.63. The van der Waals surface area contributed by atoms with Crippen LogP contribution in [0.4, 0.5) is 4.79 Å². The number of carbonyl (C=O) groups is 4. The molecule has 0 atom stereocenters. The lowest BCUT2D eigenvalue weighted by molar-refractivity contribution is -0.234. The molecule has 1 fully saturated rings. The van der Waals surface area contributed by atoms with Gasteiger partial charge in [0.2, 0.25) is 0 Å². The maximum absolute atomic E-state index is 11.7. The number of imide groups is 1. The van der Waals surface area contributed by atoms with E-state index in [2.05, 4.69) is 21.7 Å². The number of rotatable bonds is 4. The van der Waals surface area contributed by atoms with Gasteiger partial charge in [0.15, 0.2) is 0 Å². The third-order valence-electron chi connectivity index (χ3n) is 2.18. The summed E-state index contributed by atoms with van der Waals surface area (Å²) in [5, 5.41) is 0.623. The van der Waals surface area contributed by atoms with Gasteiger partial charge in [0.1, 0.15) is 0 Å². The Kier molecular flexibility index (Phi) is 5.21. The third kappa shape index (κ3) is 3.54. The summed E-state index contributed by atoms with van der Waals surface area (Å²) < 4.78 is 0. The van der Waals surface area contributed by atoms with Crippen molar-refractivity contribution in [3.05, 3.63) is 12.2 Å². The summed E-state index contributed by atoms with van der Waals surface area (Å²) >= 11 is 0. The molecule has 0 unspecified atom stereocenters. The quantitative estimate of drug-likeness (QED) is 0.442. The van der Waals surface area contributed by atoms with Crippen molar-refractivity contribution in [2.45, 2.75) is 26.7 Å². The lowest BCUT2D eigenvalue weighted by Gasteiger charge is -2.26. The summed E-state index contributed by atoms with van der Waals surface area (Å²) in [5.74, 6) is -2.30. The van der Waals surface area contributed by atoms with Crippen molar-refractivity contribution >= 4 is 23.9 Å². The van der Waals surface area contributed by atoms with Crippen LogP contribution in [0.5, 0.6) is 0 Å².